The van der Waals surface area contributed by atoms with Gasteiger partial charge in [0, 0.05) is 11.1 Å². The smallest absolute Gasteiger partial charge is 0.260 e. The van der Waals surface area contributed by atoms with E-state index in [1.807, 2.05) is 39.0 Å². The largest absolute Gasteiger partial charge is 0.491 e. The molecule has 0 unspecified atom stereocenters. The molecule has 0 aliphatic heterocycles. The van der Waals surface area contributed by atoms with Gasteiger partial charge in [0.2, 0.25) is 5.91 Å². The number of hydrogen-bond acceptors (Lipinski definition) is 6. The number of carbonyl (C=O) groups excluding carboxylic acids is 2. The standard InChI is InChI=1S/C21H23N3O4S/c1-12(2)28-16-5-6-18(13(3)9-16)23-19(25)10-15-11-29-21(22-15)24-20(26)17-7-8-27-14(17)4/h5-9,11-12H,10H2,1-4H3,(H,23,25)(H,22,24,26). The summed E-state index contributed by atoms with van der Waals surface area (Å²) in [5, 5.41) is 7.80. The van der Waals surface area contributed by atoms with Gasteiger partial charge in [0.05, 0.1) is 30.0 Å². The van der Waals surface area contributed by atoms with Crippen LogP contribution in [-0.4, -0.2) is 22.9 Å². The number of furan rings is 1. The Balaban J connectivity index is 1.58. The quantitative estimate of drug-likeness (QED) is 0.592. The zero-order valence-electron chi connectivity index (χ0n) is 16.7. The average molecular weight is 413 g/mol. The summed E-state index contributed by atoms with van der Waals surface area (Å²) >= 11 is 1.27. The molecule has 2 aromatic heterocycles. The van der Waals surface area contributed by atoms with Crippen molar-refractivity contribution < 1.29 is 18.7 Å². The van der Waals surface area contributed by atoms with Crippen LogP contribution in [0.3, 0.4) is 0 Å². The number of nitrogens with one attached hydrogen (secondary N) is 2. The highest BCUT2D eigenvalue weighted by Gasteiger charge is 2.15. The maximum atomic E-state index is 12.4. The Hall–Kier alpha value is -3.13. The number of aromatic nitrogens is 1. The van der Waals surface area contributed by atoms with Gasteiger partial charge in [0.15, 0.2) is 5.13 Å². The third-order valence-electron chi connectivity index (χ3n) is 4.06. The molecule has 2 heterocycles. The molecule has 0 aliphatic rings. The molecule has 3 rings (SSSR count). The van der Waals surface area contributed by atoms with Crippen LogP contribution < -0.4 is 15.4 Å². The normalized spacial score (nSPS) is 10.8. The Labute approximate surface area is 173 Å². The van der Waals surface area contributed by atoms with Crippen molar-refractivity contribution in [3.8, 4) is 5.75 Å². The first-order valence-corrected chi connectivity index (χ1v) is 10.1. The Morgan fingerprint density at radius 2 is 2.00 bits per heavy atom. The zero-order chi connectivity index (χ0) is 21.0. The van der Waals surface area contributed by atoms with Gasteiger partial charge >= 0.3 is 0 Å². The van der Waals surface area contributed by atoms with Gasteiger partial charge < -0.3 is 14.5 Å². The van der Waals surface area contributed by atoms with E-state index in [4.69, 9.17) is 9.15 Å². The van der Waals surface area contributed by atoms with E-state index < -0.39 is 0 Å². The minimum Gasteiger partial charge on any atom is -0.491 e. The van der Waals surface area contributed by atoms with Gasteiger partial charge in [-0.3, -0.25) is 14.9 Å². The molecule has 1 aromatic carbocycles. The van der Waals surface area contributed by atoms with E-state index in [1.165, 1.54) is 17.6 Å². The highest BCUT2D eigenvalue weighted by Crippen LogP contribution is 2.23. The van der Waals surface area contributed by atoms with Crippen LogP contribution in [0.25, 0.3) is 0 Å². The summed E-state index contributed by atoms with van der Waals surface area (Å²) in [5.74, 6) is 0.836. The minimum absolute atomic E-state index is 0.0895. The third kappa shape index (κ3) is 5.45. The second-order valence-electron chi connectivity index (χ2n) is 6.86. The van der Waals surface area contributed by atoms with Crippen molar-refractivity contribution in [2.75, 3.05) is 10.6 Å². The summed E-state index contributed by atoms with van der Waals surface area (Å²) < 4.78 is 10.8. The molecule has 0 saturated carbocycles. The Morgan fingerprint density at radius 1 is 1.21 bits per heavy atom. The number of carbonyl (C=O) groups is 2. The monoisotopic (exact) mass is 413 g/mol. The van der Waals surface area contributed by atoms with E-state index in [0.29, 0.717) is 22.1 Å². The molecule has 7 nitrogen and oxygen atoms in total. The molecule has 2 N–H and O–H groups in total. The summed E-state index contributed by atoms with van der Waals surface area (Å²) in [6.07, 6.45) is 1.66. The van der Waals surface area contributed by atoms with Crippen LogP contribution in [0.4, 0.5) is 10.8 Å². The fourth-order valence-corrected chi connectivity index (χ4v) is 3.42. The molecule has 0 aliphatic carbocycles. The van der Waals surface area contributed by atoms with Gasteiger partial charge in [0.1, 0.15) is 11.5 Å². The Morgan fingerprint density at radius 3 is 2.66 bits per heavy atom. The number of benzene rings is 1. The maximum Gasteiger partial charge on any atom is 0.260 e. The number of anilines is 2. The zero-order valence-corrected chi connectivity index (χ0v) is 17.6. The lowest BCUT2D eigenvalue weighted by molar-refractivity contribution is -0.115. The molecule has 29 heavy (non-hydrogen) atoms. The number of amides is 2. The van der Waals surface area contributed by atoms with Gasteiger partial charge in [-0.25, -0.2) is 4.98 Å². The van der Waals surface area contributed by atoms with Crippen molar-refractivity contribution in [3.05, 3.63) is 58.5 Å². The van der Waals surface area contributed by atoms with Crippen molar-refractivity contribution in [1.29, 1.82) is 0 Å². The Bertz CT molecular complexity index is 1020. The van der Waals surface area contributed by atoms with Gasteiger partial charge in [-0.2, -0.15) is 0 Å². The van der Waals surface area contributed by atoms with Gasteiger partial charge in [-0.05, 0) is 57.5 Å². The van der Waals surface area contributed by atoms with Gasteiger partial charge in [-0.15, -0.1) is 11.3 Å². The van der Waals surface area contributed by atoms with E-state index in [-0.39, 0.29) is 24.3 Å². The van der Waals surface area contributed by atoms with Crippen molar-refractivity contribution in [2.45, 2.75) is 40.2 Å². The van der Waals surface area contributed by atoms with Crippen LogP contribution >= 0.6 is 11.3 Å². The molecule has 0 saturated heterocycles. The lowest BCUT2D eigenvalue weighted by atomic mass is 10.2. The molecule has 2 amide bonds. The van der Waals surface area contributed by atoms with E-state index in [0.717, 1.165) is 17.0 Å². The number of thiazole rings is 1. The van der Waals surface area contributed by atoms with Crippen molar-refractivity contribution in [3.63, 3.8) is 0 Å². The molecule has 8 heteroatoms. The summed E-state index contributed by atoms with van der Waals surface area (Å²) in [6, 6.07) is 7.15. The molecule has 3 aromatic rings. The van der Waals surface area contributed by atoms with Crippen molar-refractivity contribution in [1.82, 2.24) is 4.98 Å². The fourth-order valence-electron chi connectivity index (χ4n) is 2.71. The molecule has 0 spiro atoms. The highest BCUT2D eigenvalue weighted by atomic mass is 32.1. The van der Waals surface area contributed by atoms with Gasteiger partial charge in [-0.1, -0.05) is 0 Å². The molecular weight excluding hydrogens is 390 g/mol. The number of aryl methyl sites for hydroxylation is 2. The molecule has 0 bridgehead atoms. The number of ether oxygens (including phenoxy) is 1. The molecule has 0 radical (unpaired) electrons. The van der Waals surface area contributed by atoms with Crippen molar-refractivity contribution >= 4 is 34.0 Å². The number of nitrogens with zero attached hydrogens (tertiary/aromatic N) is 1. The average Bonchev–Trinajstić information content (AvgIpc) is 3.25. The van der Waals surface area contributed by atoms with E-state index >= 15 is 0 Å². The fraction of sp³-hybridized carbons (Fsp3) is 0.286. The molecule has 0 atom stereocenters. The summed E-state index contributed by atoms with van der Waals surface area (Å²) in [4.78, 5) is 28.9. The van der Waals surface area contributed by atoms with Crippen LogP contribution in [0.2, 0.25) is 0 Å². The summed E-state index contributed by atoms with van der Waals surface area (Å²) in [6.45, 7) is 7.56. The number of hydrogen-bond donors (Lipinski definition) is 2. The maximum absolute atomic E-state index is 12.4. The highest BCUT2D eigenvalue weighted by molar-refractivity contribution is 7.14. The molecule has 152 valence electrons. The van der Waals surface area contributed by atoms with E-state index in [2.05, 4.69) is 15.6 Å². The predicted octanol–water partition coefficient (Wildman–Crippen LogP) is 4.57. The second kappa shape index (κ2) is 8.91. The van der Waals surface area contributed by atoms with Crippen molar-refractivity contribution in [2.24, 2.45) is 0 Å². The first-order valence-electron chi connectivity index (χ1n) is 9.19. The van der Waals surface area contributed by atoms with Gasteiger partial charge in [0.25, 0.3) is 5.91 Å². The lowest BCUT2D eigenvalue weighted by Crippen LogP contribution is -2.16. The first-order chi connectivity index (χ1) is 13.8. The van der Waals surface area contributed by atoms with Crippen LogP contribution in [0, 0.1) is 13.8 Å². The third-order valence-corrected chi connectivity index (χ3v) is 4.87. The summed E-state index contributed by atoms with van der Waals surface area (Å²) in [5.41, 5.74) is 2.69. The topological polar surface area (TPSA) is 93.5 Å². The van der Waals surface area contributed by atoms with Crippen LogP contribution in [-0.2, 0) is 11.2 Å². The van der Waals surface area contributed by atoms with Crippen LogP contribution in [0.15, 0.2) is 40.3 Å². The van der Waals surface area contributed by atoms with E-state index in [1.54, 1.807) is 18.4 Å². The SMILES string of the molecule is Cc1cc(OC(C)C)ccc1NC(=O)Cc1csc(NC(=O)c2ccoc2C)n1. The molecular formula is C21H23N3O4S. The predicted molar refractivity (Wildman–Crippen MR) is 113 cm³/mol. The summed E-state index contributed by atoms with van der Waals surface area (Å²) in [7, 11) is 0. The minimum atomic E-state index is -0.291. The van der Waals surface area contributed by atoms with Crippen LogP contribution in [0.5, 0.6) is 5.75 Å². The molecule has 0 fully saturated rings. The lowest BCUT2D eigenvalue weighted by Gasteiger charge is -2.13. The van der Waals surface area contributed by atoms with Crippen LogP contribution in [0.1, 0.15) is 41.2 Å². The van der Waals surface area contributed by atoms with E-state index in [9.17, 15) is 9.59 Å². The number of rotatable bonds is 7. The Kier molecular flexibility index (Phi) is 6.33. The second-order valence-corrected chi connectivity index (χ2v) is 7.71. The first kappa shape index (κ1) is 20.6.